The van der Waals surface area contributed by atoms with Gasteiger partial charge in [-0.15, -0.1) is 11.3 Å². The standard InChI is InChI=1S/C15H22N2O2S/c1-2-11-5-3-4-8-17(11)9-12-16-13(10-6-7-10)14(20-12)15(18)19/h10-11H,2-9H2,1H3,(H,18,19). The van der Waals surface area contributed by atoms with Crippen molar-refractivity contribution in [1.82, 2.24) is 9.88 Å². The van der Waals surface area contributed by atoms with Crippen LogP contribution in [-0.2, 0) is 6.54 Å². The first-order valence-electron chi connectivity index (χ1n) is 7.66. The normalized spacial score (nSPS) is 23.9. The van der Waals surface area contributed by atoms with Gasteiger partial charge in [-0.2, -0.15) is 0 Å². The highest BCUT2D eigenvalue weighted by Gasteiger charge is 2.32. The Morgan fingerprint density at radius 1 is 1.40 bits per heavy atom. The number of thiazole rings is 1. The van der Waals surface area contributed by atoms with E-state index >= 15 is 0 Å². The fraction of sp³-hybridized carbons (Fsp3) is 0.733. The molecule has 110 valence electrons. The number of carboxylic acids is 1. The fourth-order valence-corrected chi connectivity index (χ4v) is 4.15. The van der Waals surface area contributed by atoms with Gasteiger partial charge in [-0.25, -0.2) is 9.78 Å². The third-order valence-corrected chi connectivity index (χ3v) is 5.46. The molecule has 1 aromatic rings. The highest BCUT2D eigenvalue weighted by molar-refractivity contribution is 7.13. The van der Waals surface area contributed by atoms with E-state index in [0.29, 0.717) is 16.8 Å². The molecule has 0 bridgehead atoms. The summed E-state index contributed by atoms with van der Waals surface area (Å²) in [5, 5.41) is 10.3. The largest absolute Gasteiger partial charge is 0.477 e. The maximum atomic E-state index is 11.3. The Kier molecular flexibility index (Phi) is 4.08. The second-order valence-corrected chi connectivity index (χ2v) is 7.01. The molecule has 1 saturated carbocycles. The van der Waals surface area contributed by atoms with E-state index in [1.54, 1.807) is 0 Å². The van der Waals surface area contributed by atoms with Crippen LogP contribution < -0.4 is 0 Å². The van der Waals surface area contributed by atoms with Gasteiger partial charge in [0.15, 0.2) is 0 Å². The summed E-state index contributed by atoms with van der Waals surface area (Å²) in [5.41, 5.74) is 0.850. The van der Waals surface area contributed by atoms with Gasteiger partial charge in [-0.05, 0) is 38.6 Å². The Balaban J connectivity index is 1.76. The lowest BCUT2D eigenvalue weighted by Gasteiger charge is -2.34. The third kappa shape index (κ3) is 2.88. The van der Waals surface area contributed by atoms with Crippen molar-refractivity contribution in [1.29, 1.82) is 0 Å². The molecule has 1 unspecified atom stereocenters. The van der Waals surface area contributed by atoms with Crippen LogP contribution in [0.2, 0.25) is 0 Å². The average molecular weight is 294 g/mol. The van der Waals surface area contributed by atoms with Crippen LogP contribution in [0.5, 0.6) is 0 Å². The molecule has 4 nitrogen and oxygen atoms in total. The van der Waals surface area contributed by atoms with E-state index in [0.717, 1.165) is 36.6 Å². The van der Waals surface area contributed by atoms with Gasteiger partial charge in [0.2, 0.25) is 0 Å². The second-order valence-electron chi connectivity index (χ2n) is 5.93. The second kappa shape index (κ2) is 5.82. The molecule has 5 heteroatoms. The summed E-state index contributed by atoms with van der Waals surface area (Å²) in [6.07, 6.45) is 7.22. The van der Waals surface area contributed by atoms with Gasteiger partial charge in [-0.1, -0.05) is 13.3 Å². The van der Waals surface area contributed by atoms with Gasteiger partial charge in [-0.3, -0.25) is 4.90 Å². The topological polar surface area (TPSA) is 53.4 Å². The van der Waals surface area contributed by atoms with Crippen molar-refractivity contribution >= 4 is 17.3 Å². The van der Waals surface area contributed by atoms with Crippen molar-refractivity contribution in [3.8, 4) is 0 Å². The maximum absolute atomic E-state index is 11.3. The zero-order chi connectivity index (χ0) is 14.1. The highest BCUT2D eigenvalue weighted by Crippen LogP contribution is 2.43. The Morgan fingerprint density at radius 3 is 2.85 bits per heavy atom. The molecular weight excluding hydrogens is 272 g/mol. The van der Waals surface area contributed by atoms with E-state index in [4.69, 9.17) is 0 Å². The van der Waals surface area contributed by atoms with E-state index < -0.39 is 5.97 Å². The molecular formula is C15H22N2O2S. The molecule has 1 atom stereocenters. The van der Waals surface area contributed by atoms with Crippen LogP contribution in [0.3, 0.4) is 0 Å². The van der Waals surface area contributed by atoms with Crippen LogP contribution in [0.4, 0.5) is 0 Å². The summed E-state index contributed by atoms with van der Waals surface area (Å²) in [5.74, 6) is -0.393. The minimum atomic E-state index is -0.804. The van der Waals surface area contributed by atoms with Crippen LogP contribution in [0.15, 0.2) is 0 Å². The molecule has 0 spiro atoms. The molecule has 0 radical (unpaired) electrons. The molecule has 2 heterocycles. The summed E-state index contributed by atoms with van der Waals surface area (Å²) in [6, 6.07) is 0.644. The van der Waals surface area contributed by atoms with Crippen molar-refractivity contribution in [3.05, 3.63) is 15.6 Å². The number of carbonyl (C=O) groups is 1. The molecule has 2 fully saturated rings. The molecule has 20 heavy (non-hydrogen) atoms. The van der Waals surface area contributed by atoms with Crippen molar-refractivity contribution in [2.24, 2.45) is 0 Å². The van der Waals surface area contributed by atoms with Crippen LogP contribution in [0.25, 0.3) is 0 Å². The highest BCUT2D eigenvalue weighted by atomic mass is 32.1. The Bertz CT molecular complexity index is 496. The number of aromatic carboxylic acids is 1. The van der Waals surface area contributed by atoms with Crippen molar-refractivity contribution in [2.45, 2.75) is 64.0 Å². The smallest absolute Gasteiger partial charge is 0.347 e. The quantitative estimate of drug-likeness (QED) is 0.903. The lowest BCUT2D eigenvalue weighted by Crippen LogP contribution is -2.38. The summed E-state index contributed by atoms with van der Waals surface area (Å²) in [4.78, 5) is 19.0. The molecule has 0 amide bonds. The number of aromatic nitrogens is 1. The predicted octanol–water partition coefficient (Wildman–Crippen LogP) is 3.48. The molecule has 1 aromatic heterocycles. The first-order valence-corrected chi connectivity index (χ1v) is 8.47. The number of nitrogens with zero attached hydrogens (tertiary/aromatic N) is 2. The van der Waals surface area contributed by atoms with Gasteiger partial charge < -0.3 is 5.11 Å². The lowest BCUT2D eigenvalue weighted by molar-refractivity contribution is 0.0700. The number of rotatable bonds is 5. The number of likely N-dealkylation sites (tertiary alicyclic amines) is 1. The monoisotopic (exact) mass is 294 g/mol. The van der Waals surface area contributed by atoms with Crippen LogP contribution in [0, 0.1) is 0 Å². The molecule has 1 N–H and O–H groups in total. The van der Waals surface area contributed by atoms with Crippen molar-refractivity contribution in [3.63, 3.8) is 0 Å². The van der Waals surface area contributed by atoms with Crippen LogP contribution in [0.1, 0.15) is 71.7 Å². The average Bonchev–Trinajstić information content (AvgIpc) is 3.20. The zero-order valence-electron chi connectivity index (χ0n) is 12.0. The number of hydrogen-bond donors (Lipinski definition) is 1. The summed E-state index contributed by atoms with van der Waals surface area (Å²) >= 11 is 1.39. The van der Waals surface area contributed by atoms with E-state index in [2.05, 4.69) is 16.8 Å². The van der Waals surface area contributed by atoms with Gasteiger partial charge >= 0.3 is 5.97 Å². The molecule has 1 saturated heterocycles. The third-order valence-electron chi connectivity index (χ3n) is 4.41. The number of carboxylic acid groups (broad SMARTS) is 1. The summed E-state index contributed by atoms with van der Waals surface area (Å²) in [6.45, 7) is 4.19. The molecule has 0 aromatic carbocycles. The fourth-order valence-electron chi connectivity index (χ4n) is 3.14. The molecule has 3 rings (SSSR count). The van der Waals surface area contributed by atoms with Gasteiger partial charge in [0.1, 0.15) is 9.88 Å². The first kappa shape index (κ1) is 14.0. The SMILES string of the molecule is CCC1CCCCN1Cc1nc(C2CC2)c(C(=O)O)s1. The van der Waals surface area contributed by atoms with Crippen LogP contribution >= 0.6 is 11.3 Å². The number of hydrogen-bond acceptors (Lipinski definition) is 4. The zero-order valence-corrected chi connectivity index (χ0v) is 12.8. The van der Waals surface area contributed by atoms with Crippen LogP contribution in [-0.4, -0.2) is 33.5 Å². The van der Waals surface area contributed by atoms with Gasteiger partial charge in [0.25, 0.3) is 0 Å². The van der Waals surface area contributed by atoms with Crippen molar-refractivity contribution < 1.29 is 9.90 Å². The predicted molar refractivity (Wildman–Crippen MR) is 79.4 cm³/mol. The van der Waals surface area contributed by atoms with E-state index in [9.17, 15) is 9.90 Å². The van der Waals surface area contributed by atoms with Crippen molar-refractivity contribution in [2.75, 3.05) is 6.54 Å². The lowest BCUT2D eigenvalue weighted by atomic mass is 10.0. The summed E-state index contributed by atoms with van der Waals surface area (Å²) < 4.78 is 0. The van der Waals surface area contributed by atoms with E-state index in [1.807, 2.05) is 0 Å². The Hall–Kier alpha value is -0.940. The summed E-state index contributed by atoms with van der Waals surface area (Å²) in [7, 11) is 0. The Morgan fingerprint density at radius 2 is 2.20 bits per heavy atom. The Labute approximate surface area is 123 Å². The van der Waals surface area contributed by atoms with Gasteiger partial charge in [0, 0.05) is 12.0 Å². The first-order chi connectivity index (χ1) is 9.69. The minimum Gasteiger partial charge on any atom is -0.477 e. The van der Waals surface area contributed by atoms with E-state index in [1.165, 1.54) is 37.0 Å². The maximum Gasteiger partial charge on any atom is 0.347 e. The minimum absolute atomic E-state index is 0.412. The van der Waals surface area contributed by atoms with E-state index in [-0.39, 0.29) is 0 Å². The van der Waals surface area contributed by atoms with Gasteiger partial charge in [0.05, 0.1) is 12.2 Å². The molecule has 1 aliphatic carbocycles. The molecule has 1 aliphatic heterocycles. The number of piperidine rings is 1. The molecule has 2 aliphatic rings.